The zero-order valence-electron chi connectivity index (χ0n) is 53.1. The van der Waals surface area contributed by atoms with Gasteiger partial charge in [-0.1, -0.05) is 139 Å². The highest BCUT2D eigenvalue weighted by Crippen LogP contribution is 2.43. The molecule has 12 rings (SSSR count). The van der Waals surface area contributed by atoms with Gasteiger partial charge in [-0.05, 0) is 94.3 Å². The molecule has 0 radical (unpaired) electrons. The fourth-order valence-corrected chi connectivity index (χ4v) is 7.41. The molecule has 0 spiro atoms. The van der Waals surface area contributed by atoms with Crippen molar-refractivity contribution < 1.29 is 37.3 Å². The molecule has 3 heteroatoms. The minimum Gasteiger partial charge on any atom is -0.455 e. The van der Waals surface area contributed by atoms with Gasteiger partial charge in [0.25, 0.3) is 0 Å². The fraction of sp³-hybridized carbons (Fsp3) is 0. The molecule has 0 aliphatic carbocycles. The van der Waals surface area contributed by atoms with Gasteiger partial charge in [-0.15, -0.1) is 0 Å². The van der Waals surface area contributed by atoms with Gasteiger partial charge in [-0.25, -0.2) is 0 Å². The lowest BCUT2D eigenvalue weighted by Crippen LogP contribution is -1.95. The summed E-state index contributed by atoms with van der Waals surface area (Å²) in [6.07, 6.45) is 0. The molecular formula is C54H34N2O. The molecule has 57 heavy (non-hydrogen) atoms. The Balaban J connectivity index is 1.24. The molecule has 0 unspecified atom stereocenters. The zero-order chi connectivity index (χ0) is 58.3. The van der Waals surface area contributed by atoms with Crippen LogP contribution in [0.5, 0.6) is 0 Å². The molecule has 3 heterocycles. The minimum atomic E-state index is -0.940. The SMILES string of the molecule is [2H]c1ccc(-c2ccc(-n3c4c([2H])c([2H])c([2H])c([2H])c4c4c([2H])c(-c5c([2H])c([2H])c6c(c5[2H])c5c([2H])c([2H])c([2H])c([2H])c5n6-c5c([2H])c([2H])c(-c6c([2H])cc([2H])cc6[2H])c6oc7c([2H])c([2H])c([2H])c([2H])c7c56)c([2H])c([2H])c43)cc2)cc1. The Hall–Kier alpha value is -7.62. The van der Waals surface area contributed by atoms with Crippen LogP contribution in [0.4, 0.5) is 0 Å². The van der Waals surface area contributed by atoms with Crippen LogP contribution in [-0.4, -0.2) is 9.13 Å². The van der Waals surface area contributed by atoms with E-state index in [0.29, 0.717) is 5.56 Å². The summed E-state index contributed by atoms with van der Waals surface area (Å²) < 4.78 is 228. The van der Waals surface area contributed by atoms with E-state index < -0.39 is 199 Å². The molecule has 0 amide bonds. The van der Waals surface area contributed by atoms with Crippen molar-refractivity contribution in [1.82, 2.24) is 9.13 Å². The van der Waals surface area contributed by atoms with Crippen LogP contribution in [0.1, 0.15) is 32.9 Å². The van der Waals surface area contributed by atoms with Crippen molar-refractivity contribution in [1.29, 1.82) is 0 Å². The molecule has 3 aromatic heterocycles. The first-order valence-corrected chi connectivity index (χ1v) is 17.5. The van der Waals surface area contributed by atoms with E-state index >= 15 is 0 Å². The normalized spacial score (nSPS) is 17.8. The molecule has 9 aromatic carbocycles. The van der Waals surface area contributed by atoms with Crippen LogP contribution in [0.3, 0.4) is 0 Å². The van der Waals surface area contributed by atoms with Crippen LogP contribution >= 0.6 is 0 Å². The Morgan fingerprint density at radius 1 is 0.386 bits per heavy atom. The standard InChI is InChI=1S/C54H34N2O/c1-3-13-35(14-4-1)36-23-27-40(28-24-36)55-47-20-10-7-17-42(47)45-33-38(25-30-49(45)55)39-26-31-50-46(34-39)43-18-8-11-21-48(43)56(50)51-32-29-41(37-15-5-2-6-16-37)54-53(51)44-19-9-12-22-52(44)57-54/h1-34H/i1D,2D,7D,8D,9D,10D,11D,12D,15D,16D,17D,18D,19D,20D,21D,22D,25D,26D,29D,30D,31D,32D,33D,34D. The predicted molar refractivity (Wildman–Crippen MR) is 239 cm³/mol. The Morgan fingerprint density at radius 2 is 0.947 bits per heavy atom. The summed E-state index contributed by atoms with van der Waals surface area (Å²) in [7, 11) is 0. The van der Waals surface area contributed by atoms with Crippen molar-refractivity contribution in [2.24, 2.45) is 0 Å². The number of hydrogen-bond donors (Lipinski definition) is 0. The molecule has 3 nitrogen and oxygen atoms in total. The summed E-state index contributed by atoms with van der Waals surface area (Å²) >= 11 is 0. The van der Waals surface area contributed by atoms with E-state index in [-0.39, 0.29) is 45.1 Å². The molecule has 0 fully saturated rings. The van der Waals surface area contributed by atoms with Crippen molar-refractivity contribution in [3.05, 3.63) is 206 Å². The highest BCUT2D eigenvalue weighted by Gasteiger charge is 2.21. The molecule has 12 aromatic rings. The van der Waals surface area contributed by atoms with Gasteiger partial charge in [0.1, 0.15) is 11.2 Å². The Labute approximate surface area is 362 Å². The van der Waals surface area contributed by atoms with Gasteiger partial charge >= 0.3 is 0 Å². The minimum absolute atomic E-state index is 0.186. The van der Waals surface area contributed by atoms with E-state index in [9.17, 15) is 16.4 Å². The molecule has 0 atom stereocenters. The highest BCUT2D eigenvalue weighted by atomic mass is 16.3. The first-order valence-electron chi connectivity index (χ1n) is 29.5. The number of rotatable bonds is 5. The molecule has 0 N–H and O–H groups in total. The Morgan fingerprint density at radius 3 is 1.65 bits per heavy atom. The van der Waals surface area contributed by atoms with E-state index in [1.807, 2.05) is 0 Å². The Bertz CT molecular complexity index is 4880. The molecular weight excluding hydrogens is 693 g/mol. The van der Waals surface area contributed by atoms with Gasteiger partial charge in [0.15, 0.2) is 0 Å². The summed E-state index contributed by atoms with van der Waals surface area (Å²) in [5, 5.41) is -2.49. The van der Waals surface area contributed by atoms with Crippen LogP contribution in [0.15, 0.2) is 210 Å². The molecule has 0 aliphatic heterocycles. The van der Waals surface area contributed by atoms with Crippen molar-refractivity contribution in [3.8, 4) is 44.8 Å². The first-order chi connectivity index (χ1) is 38.2. The average Bonchev–Trinajstić information content (AvgIpc) is 1.90. The quantitative estimate of drug-likeness (QED) is 0.172. The third kappa shape index (κ3) is 4.86. The van der Waals surface area contributed by atoms with Crippen LogP contribution in [-0.2, 0) is 0 Å². The molecule has 0 saturated carbocycles. The van der Waals surface area contributed by atoms with Gasteiger partial charge in [-0.3, -0.25) is 0 Å². The van der Waals surface area contributed by atoms with E-state index in [2.05, 4.69) is 0 Å². The number of aromatic nitrogens is 2. The summed E-state index contributed by atoms with van der Waals surface area (Å²) in [6.45, 7) is 0. The zero-order valence-corrected chi connectivity index (χ0v) is 29.1. The predicted octanol–water partition coefficient (Wildman–Crippen LogP) is 14.8. The van der Waals surface area contributed by atoms with Gasteiger partial charge in [0.05, 0.1) is 66.0 Å². The van der Waals surface area contributed by atoms with E-state index in [1.54, 1.807) is 48.5 Å². The second-order valence-electron chi connectivity index (χ2n) is 13.0. The maximum Gasteiger partial charge on any atom is 0.145 e. The number of hydrogen-bond acceptors (Lipinski definition) is 1. The van der Waals surface area contributed by atoms with Crippen LogP contribution in [0.25, 0.3) is 110 Å². The lowest BCUT2D eigenvalue weighted by Gasteiger charge is -2.12. The first kappa shape index (κ1) is 16.2. The molecule has 266 valence electrons. The summed E-state index contributed by atoms with van der Waals surface area (Å²) in [5.74, 6) is 0. The second kappa shape index (κ2) is 12.5. The molecule has 0 aliphatic rings. The van der Waals surface area contributed by atoms with E-state index in [4.69, 9.17) is 20.9 Å². The lowest BCUT2D eigenvalue weighted by molar-refractivity contribution is 0.670. The number of furan rings is 1. The fourth-order valence-electron chi connectivity index (χ4n) is 7.41. The van der Waals surface area contributed by atoms with Crippen LogP contribution in [0.2, 0.25) is 0 Å². The number of benzene rings is 9. The van der Waals surface area contributed by atoms with Gasteiger partial charge in [0, 0.05) is 38.2 Å². The summed E-state index contributed by atoms with van der Waals surface area (Å²) in [6, 6.07) is -1.16. The van der Waals surface area contributed by atoms with Crippen molar-refractivity contribution in [2.45, 2.75) is 0 Å². The van der Waals surface area contributed by atoms with Crippen LogP contribution < -0.4 is 0 Å². The smallest absolute Gasteiger partial charge is 0.145 e. The molecule has 0 saturated heterocycles. The van der Waals surface area contributed by atoms with Gasteiger partial charge in [0.2, 0.25) is 0 Å². The van der Waals surface area contributed by atoms with Crippen LogP contribution in [0, 0.1) is 0 Å². The number of nitrogens with zero attached hydrogens (tertiary/aromatic N) is 2. The summed E-state index contributed by atoms with van der Waals surface area (Å²) in [5.41, 5.74) is -3.66. The third-order valence-corrected chi connectivity index (χ3v) is 9.92. The second-order valence-corrected chi connectivity index (χ2v) is 13.0. The maximum atomic E-state index is 10.1. The Kier molecular flexibility index (Phi) is 3.55. The molecule has 0 bridgehead atoms. The third-order valence-electron chi connectivity index (χ3n) is 9.92. The van der Waals surface area contributed by atoms with E-state index in [1.165, 1.54) is 4.57 Å². The largest absolute Gasteiger partial charge is 0.455 e. The lowest BCUT2D eigenvalue weighted by atomic mass is 10.00. The van der Waals surface area contributed by atoms with Crippen molar-refractivity contribution in [3.63, 3.8) is 0 Å². The monoisotopic (exact) mass is 750 g/mol. The van der Waals surface area contributed by atoms with E-state index in [0.717, 1.165) is 22.3 Å². The van der Waals surface area contributed by atoms with Gasteiger partial charge < -0.3 is 13.6 Å². The topological polar surface area (TPSA) is 23.0 Å². The van der Waals surface area contributed by atoms with Crippen molar-refractivity contribution in [2.75, 3.05) is 0 Å². The summed E-state index contributed by atoms with van der Waals surface area (Å²) in [4.78, 5) is 0. The maximum absolute atomic E-state index is 10.1. The van der Waals surface area contributed by atoms with Gasteiger partial charge in [-0.2, -0.15) is 0 Å². The highest BCUT2D eigenvalue weighted by molar-refractivity contribution is 6.17. The number of fused-ring (bicyclic) bond motifs is 9. The van der Waals surface area contributed by atoms with Crippen molar-refractivity contribution >= 4 is 65.6 Å². The average molecular weight is 751 g/mol. The number of para-hydroxylation sites is 3.